The first-order valence-electron chi connectivity index (χ1n) is 9.38. The number of methoxy groups -OCH3 is 1. The summed E-state index contributed by atoms with van der Waals surface area (Å²) in [5.41, 5.74) is 2.12. The molecule has 0 aliphatic carbocycles. The number of aryl methyl sites for hydroxylation is 1. The summed E-state index contributed by atoms with van der Waals surface area (Å²) in [5.74, 6) is 1.50. The molecular weight excluding hydrogens is 358 g/mol. The van der Waals surface area contributed by atoms with Crippen molar-refractivity contribution >= 4 is 5.91 Å². The molecular formula is C22H29NO5. The Hall–Kier alpha value is -2.73. The summed E-state index contributed by atoms with van der Waals surface area (Å²) in [6.45, 7) is 6.19. The van der Waals surface area contributed by atoms with Crippen molar-refractivity contribution in [2.24, 2.45) is 0 Å². The van der Waals surface area contributed by atoms with Crippen molar-refractivity contribution in [1.82, 2.24) is 5.32 Å². The van der Waals surface area contributed by atoms with Gasteiger partial charge in [0.25, 0.3) is 5.91 Å². The van der Waals surface area contributed by atoms with E-state index in [0.717, 1.165) is 11.1 Å². The van der Waals surface area contributed by atoms with Gasteiger partial charge in [-0.05, 0) is 57.0 Å². The zero-order chi connectivity index (χ0) is 20.5. The number of carbonyl (C=O) groups is 1. The van der Waals surface area contributed by atoms with Crippen molar-refractivity contribution in [3.05, 3.63) is 53.6 Å². The number of ether oxygens (including phenoxy) is 3. The minimum atomic E-state index is -1.22. The molecule has 0 radical (unpaired) electrons. The lowest BCUT2D eigenvalue weighted by Gasteiger charge is -2.15. The zero-order valence-electron chi connectivity index (χ0n) is 16.9. The molecule has 1 unspecified atom stereocenters. The van der Waals surface area contributed by atoms with Crippen molar-refractivity contribution in [1.29, 1.82) is 0 Å². The SMILES string of the molecule is COc1cc(CCNC(=O)C(O)COc2ccc(C)cc2)ccc1OC(C)C. The number of aliphatic hydroxyl groups is 1. The lowest BCUT2D eigenvalue weighted by molar-refractivity contribution is -0.130. The highest BCUT2D eigenvalue weighted by Crippen LogP contribution is 2.29. The third kappa shape index (κ3) is 6.78. The standard InChI is InChI=1S/C22H29NO5/c1-15(2)28-20-10-7-17(13-21(20)26-4)11-12-23-22(25)19(24)14-27-18-8-5-16(3)6-9-18/h5-10,13,15,19,24H,11-12,14H2,1-4H3,(H,23,25). The van der Waals surface area contributed by atoms with Crippen LogP contribution in [0.3, 0.4) is 0 Å². The van der Waals surface area contributed by atoms with Crippen LogP contribution in [0.15, 0.2) is 42.5 Å². The van der Waals surface area contributed by atoms with Crippen LogP contribution >= 0.6 is 0 Å². The summed E-state index contributed by atoms with van der Waals surface area (Å²) in [7, 11) is 1.60. The van der Waals surface area contributed by atoms with E-state index >= 15 is 0 Å². The van der Waals surface area contributed by atoms with Gasteiger partial charge >= 0.3 is 0 Å². The van der Waals surface area contributed by atoms with E-state index in [0.29, 0.717) is 30.2 Å². The summed E-state index contributed by atoms with van der Waals surface area (Å²) in [5, 5.41) is 12.7. The van der Waals surface area contributed by atoms with Gasteiger partial charge in [0.1, 0.15) is 12.4 Å². The Morgan fingerprint density at radius 1 is 1.11 bits per heavy atom. The van der Waals surface area contributed by atoms with Crippen LogP contribution in [-0.2, 0) is 11.2 Å². The second-order valence-corrected chi connectivity index (χ2v) is 6.83. The van der Waals surface area contributed by atoms with Crippen molar-refractivity contribution in [2.45, 2.75) is 39.4 Å². The normalized spacial score (nSPS) is 11.8. The van der Waals surface area contributed by atoms with Gasteiger partial charge in [-0.1, -0.05) is 23.8 Å². The molecule has 0 aliphatic rings. The molecule has 152 valence electrons. The smallest absolute Gasteiger partial charge is 0.252 e. The van der Waals surface area contributed by atoms with Crippen molar-refractivity contribution < 1.29 is 24.1 Å². The highest BCUT2D eigenvalue weighted by atomic mass is 16.5. The van der Waals surface area contributed by atoms with Crippen LogP contribution in [0.2, 0.25) is 0 Å². The molecule has 0 aromatic heterocycles. The van der Waals surface area contributed by atoms with E-state index in [2.05, 4.69) is 5.32 Å². The summed E-state index contributed by atoms with van der Waals surface area (Å²) < 4.78 is 16.5. The molecule has 1 amide bonds. The molecule has 2 aromatic carbocycles. The number of amides is 1. The molecule has 0 aliphatic heterocycles. The van der Waals surface area contributed by atoms with Crippen LogP contribution in [0.4, 0.5) is 0 Å². The quantitative estimate of drug-likeness (QED) is 0.656. The highest BCUT2D eigenvalue weighted by molar-refractivity contribution is 5.80. The van der Waals surface area contributed by atoms with Crippen LogP contribution in [0, 0.1) is 6.92 Å². The number of rotatable bonds is 10. The van der Waals surface area contributed by atoms with Gasteiger partial charge in [-0.3, -0.25) is 4.79 Å². The van der Waals surface area contributed by atoms with Gasteiger partial charge in [-0.15, -0.1) is 0 Å². The van der Waals surface area contributed by atoms with Crippen LogP contribution in [0.5, 0.6) is 17.2 Å². The number of hydrogen-bond acceptors (Lipinski definition) is 5. The average Bonchev–Trinajstić information content (AvgIpc) is 2.67. The highest BCUT2D eigenvalue weighted by Gasteiger charge is 2.15. The van der Waals surface area contributed by atoms with Crippen molar-refractivity contribution in [3.8, 4) is 17.2 Å². The summed E-state index contributed by atoms with van der Waals surface area (Å²) >= 11 is 0. The Morgan fingerprint density at radius 2 is 1.82 bits per heavy atom. The van der Waals surface area contributed by atoms with Gasteiger partial charge in [0, 0.05) is 6.54 Å². The largest absolute Gasteiger partial charge is 0.493 e. The van der Waals surface area contributed by atoms with E-state index < -0.39 is 12.0 Å². The van der Waals surface area contributed by atoms with E-state index in [1.54, 1.807) is 19.2 Å². The van der Waals surface area contributed by atoms with Crippen molar-refractivity contribution in [2.75, 3.05) is 20.3 Å². The number of carbonyl (C=O) groups excluding carboxylic acids is 1. The van der Waals surface area contributed by atoms with Gasteiger partial charge in [-0.25, -0.2) is 0 Å². The fourth-order valence-electron chi connectivity index (χ4n) is 2.55. The number of aliphatic hydroxyl groups excluding tert-OH is 1. The fourth-order valence-corrected chi connectivity index (χ4v) is 2.55. The van der Waals surface area contributed by atoms with Crippen LogP contribution in [0.1, 0.15) is 25.0 Å². The van der Waals surface area contributed by atoms with E-state index in [1.807, 2.05) is 51.1 Å². The first-order chi connectivity index (χ1) is 13.4. The van der Waals surface area contributed by atoms with E-state index in [-0.39, 0.29) is 12.7 Å². The zero-order valence-corrected chi connectivity index (χ0v) is 16.9. The predicted octanol–water partition coefficient (Wildman–Crippen LogP) is 2.89. The van der Waals surface area contributed by atoms with Crippen LogP contribution in [-0.4, -0.2) is 43.5 Å². The topological polar surface area (TPSA) is 77.0 Å². The third-order valence-corrected chi connectivity index (χ3v) is 4.04. The molecule has 2 rings (SSSR count). The Bertz CT molecular complexity index is 758. The number of nitrogens with one attached hydrogen (secondary N) is 1. The molecule has 6 nitrogen and oxygen atoms in total. The first kappa shape index (κ1) is 21.6. The fraction of sp³-hybridized carbons (Fsp3) is 0.409. The lowest BCUT2D eigenvalue weighted by atomic mass is 10.1. The molecule has 0 bridgehead atoms. The lowest BCUT2D eigenvalue weighted by Crippen LogP contribution is -2.39. The minimum absolute atomic E-state index is 0.0580. The summed E-state index contributed by atoms with van der Waals surface area (Å²) in [4.78, 5) is 12.0. The van der Waals surface area contributed by atoms with Crippen LogP contribution < -0.4 is 19.5 Å². The van der Waals surface area contributed by atoms with Crippen molar-refractivity contribution in [3.63, 3.8) is 0 Å². The third-order valence-electron chi connectivity index (χ3n) is 4.04. The molecule has 1 atom stereocenters. The van der Waals surface area contributed by atoms with Gasteiger partial charge in [0.2, 0.25) is 0 Å². The second kappa shape index (κ2) is 10.6. The Morgan fingerprint density at radius 3 is 2.46 bits per heavy atom. The van der Waals surface area contributed by atoms with Crippen LogP contribution in [0.25, 0.3) is 0 Å². The molecule has 0 spiro atoms. The molecule has 2 N–H and O–H groups in total. The Balaban J connectivity index is 1.78. The minimum Gasteiger partial charge on any atom is -0.493 e. The van der Waals surface area contributed by atoms with E-state index in [4.69, 9.17) is 14.2 Å². The summed E-state index contributed by atoms with van der Waals surface area (Å²) in [6, 6.07) is 13.1. The molecule has 6 heteroatoms. The van der Waals surface area contributed by atoms with Gasteiger partial charge < -0.3 is 24.6 Å². The molecule has 0 saturated carbocycles. The van der Waals surface area contributed by atoms with E-state index in [9.17, 15) is 9.90 Å². The average molecular weight is 387 g/mol. The van der Waals surface area contributed by atoms with Gasteiger partial charge in [0.05, 0.1) is 13.2 Å². The maximum Gasteiger partial charge on any atom is 0.252 e. The van der Waals surface area contributed by atoms with Gasteiger partial charge in [-0.2, -0.15) is 0 Å². The maximum absolute atomic E-state index is 12.0. The summed E-state index contributed by atoms with van der Waals surface area (Å²) in [6.07, 6.45) is -0.560. The second-order valence-electron chi connectivity index (χ2n) is 6.83. The number of benzene rings is 2. The molecule has 2 aromatic rings. The monoisotopic (exact) mass is 387 g/mol. The molecule has 28 heavy (non-hydrogen) atoms. The molecule has 0 fully saturated rings. The molecule has 0 heterocycles. The van der Waals surface area contributed by atoms with E-state index in [1.165, 1.54) is 0 Å². The maximum atomic E-state index is 12.0. The first-order valence-corrected chi connectivity index (χ1v) is 9.38. The Kier molecular flexibility index (Phi) is 8.14. The molecule has 0 saturated heterocycles. The van der Waals surface area contributed by atoms with Gasteiger partial charge in [0.15, 0.2) is 17.6 Å². The predicted molar refractivity (Wildman–Crippen MR) is 108 cm³/mol. The number of hydrogen-bond donors (Lipinski definition) is 2. The Labute approximate surface area is 166 Å².